The lowest BCUT2D eigenvalue weighted by molar-refractivity contribution is -0.140. The van der Waals surface area contributed by atoms with Gasteiger partial charge in [-0.3, -0.25) is 4.57 Å². The molecule has 1 aromatic rings. The summed E-state index contributed by atoms with van der Waals surface area (Å²) in [5, 5.41) is 0. The summed E-state index contributed by atoms with van der Waals surface area (Å²) in [5.41, 5.74) is 1.81. The maximum absolute atomic E-state index is 12.1. The van der Waals surface area contributed by atoms with E-state index in [4.69, 9.17) is 18.5 Å². The van der Waals surface area contributed by atoms with Gasteiger partial charge in [0, 0.05) is 33.0 Å². The molecule has 0 amide bonds. The molecule has 6 heteroatoms. The average molecular weight is 302 g/mol. The maximum atomic E-state index is 12.1. The van der Waals surface area contributed by atoms with Crippen molar-refractivity contribution in [2.45, 2.75) is 26.3 Å². The zero-order valence-electron chi connectivity index (χ0n) is 12.5. The van der Waals surface area contributed by atoms with E-state index in [0.717, 1.165) is 11.1 Å². The van der Waals surface area contributed by atoms with E-state index in [0.29, 0.717) is 13.2 Å². The summed E-state index contributed by atoms with van der Waals surface area (Å²) in [4.78, 5) is 0. The lowest BCUT2D eigenvalue weighted by Crippen LogP contribution is -2.08. The molecule has 114 valence electrons. The fourth-order valence-corrected chi connectivity index (χ4v) is 2.82. The first kappa shape index (κ1) is 17.3. The monoisotopic (exact) mass is 302 g/mol. The van der Waals surface area contributed by atoms with Gasteiger partial charge in [0.25, 0.3) is 0 Å². The zero-order valence-corrected chi connectivity index (χ0v) is 13.4. The summed E-state index contributed by atoms with van der Waals surface area (Å²) in [6.07, 6.45) is -0.121. The minimum atomic E-state index is -3.03. The third-order valence-corrected chi connectivity index (χ3v) is 4.69. The molecule has 0 bridgehead atoms. The quantitative estimate of drug-likeness (QED) is 0.514. The normalized spacial score (nSPS) is 12.1. The molecular formula is C14H23O5P. The van der Waals surface area contributed by atoms with Gasteiger partial charge < -0.3 is 18.5 Å². The third-order valence-electron chi connectivity index (χ3n) is 2.82. The SMILES string of the molecule is CCOC(OCC)c1ccc(CP(=O)(OC)OC)cc1. The van der Waals surface area contributed by atoms with Gasteiger partial charge in [0.05, 0.1) is 6.16 Å². The lowest BCUT2D eigenvalue weighted by atomic mass is 10.1. The van der Waals surface area contributed by atoms with Crippen LogP contribution in [0.2, 0.25) is 0 Å². The molecule has 0 atom stereocenters. The fourth-order valence-electron chi connectivity index (χ4n) is 1.75. The number of benzene rings is 1. The number of hydrogen-bond donors (Lipinski definition) is 0. The number of hydrogen-bond acceptors (Lipinski definition) is 5. The van der Waals surface area contributed by atoms with Gasteiger partial charge in [-0.25, -0.2) is 0 Å². The molecule has 0 aliphatic rings. The summed E-state index contributed by atoms with van der Waals surface area (Å²) in [7, 11) is -0.254. The van der Waals surface area contributed by atoms with Crippen molar-refractivity contribution in [1.82, 2.24) is 0 Å². The van der Waals surface area contributed by atoms with Gasteiger partial charge in [0.2, 0.25) is 0 Å². The van der Waals surface area contributed by atoms with Crippen LogP contribution >= 0.6 is 7.60 Å². The van der Waals surface area contributed by atoms with Gasteiger partial charge >= 0.3 is 7.60 Å². The first-order chi connectivity index (χ1) is 9.58. The highest BCUT2D eigenvalue weighted by atomic mass is 31.2. The van der Waals surface area contributed by atoms with E-state index in [1.807, 2.05) is 38.1 Å². The predicted octanol–water partition coefficient (Wildman–Crippen LogP) is 3.74. The van der Waals surface area contributed by atoms with Crippen LogP contribution in [-0.4, -0.2) is 27.4 Å². The van der Waals surface area contributed by atoms with E-state index in [-0.39, 0.29) is 12.5 Å². The molecule has 0 aliphatic carbocycles. The second-order valence-electron chi connectivity index (χ2n) is 4.12. The van der Waals surface area contributed by atoms with Crippen LogP contribution in [0.1, 0.15) is 31.3 Å². The Hall–Kier alpha value is -0.710. The zero-order chi connectivity index (χ0) is 15.0. The van der Waals surface area contributed by atoms with Gasteiger partial charge in [-0.15, -0.1) is 0 Å². The topological polar surface area (TPSA) is 54.0 Å². The van der Waals surface area contributed by atoms with Crippen LogP contribution in [0.5, 0.6) is 0 Å². The molecule has 5 nitrogen and oxygen atoms in total. The molecule has 0 saturated heterocycles. The Labute approximate surface area is 120 Å². The van der Waals surface area contributed by atoms with Crippen LogP contribution in [0.4, 0.5) is 0 Å². The van der Waals surface area contributed by atoms with Crippen molar-refractivity contribution < 1.29 is 23.1 Å². The van der Waals surface area contributed by atoms with Gasteiger partial charge in [0.15, 0.2) is 6.29 Å². The summed E-state index contributed by atoms with van der Waals surface area (Å²) in [5.74, 6) is 0. The summed E-state index contributed by atoms with van der Waals surface area (Å²) >= 11 is 0. The number of ether oxygens (including phenoxy) is 2. The van der Waals surface area contributed by atoms with Crippen molar-refractivity contribution in [3.8, 4) is 0 Å². The smallest absolute Gasteiger partial charge is 0.334 e. The van der Waals surface area contributed by atoms with Gasteiger partial charge in [0.1, 0.15) is 0 Å². The van der Waals surface area contributed by atoms with E-state index >= 15 is 0 Å². The molecule has 0 unspecified atom stereocenters. The van der Waals surface area contributed by atoms with Crippen LogP contribution in [0.3, 0.4) is 0 Å². The average Bonchev–Trinajstić information content (AvgIpc) is 2.48. The minimum absolute atomic E-state index is 0.244. The van der Waals surface area contributed by atoms with Crippen LogP contribution in [0.25, 0.3) is 0 Å². The molecule has 1 rings (SSSR count). The molecule has 20 heavy (non-hydrogen) atoms. The van der Waals surface area contributed by atoms with Gasteiger partial charge in [-0.05, 0) is 19.4 Å². The lowest BCUT2D eigenvalue weighted by Gasteiger charge is -2.18. The Morgan fingerprint density at radius 3 is 1.90 bits per heavy atom. The Balaban J connectivity index is 2.79. The molecule has 0 N–H and O–H groups in total. The van der Waals surface area contributed by atoms with Crippen LogP contribution in [-0.2, 0) is 29.2 Å². The highest BCUT2D eigenvalue weighted by Gasteiger charge is 2.21. The van der Waals surface area contributed by atoms with Crippen LogP contribution < -0.4 is 0 Å². The molecule has 0 heterocycles. The Morgan fingerprint density at radius 1 is 1.00 bits per heavy atom. The first-order valence-electron chi connectivity index (χ1n) is 6.61. The molecule has 1 aromatic carbocycles. The number of rotatable bonds is 9. The van der Waals surface area contributed by atoms with Crippen molar-refractivity contribution in [2.75, 3.05) is 27.4 Å². The molecule has 0 radical (unpaired) electrons. The van der Waals surface area contributed by atoms with Crippen molar-refractivity contribution in [2.24, 2.45) is 0 Å². The molecular weight excluding hydrogens is 279 g/mol. The van der Waals surface area contributed by atoms with Crippen molar-refractivity contribution in [3.63, 3.8) is 0 Å². The van der Waals surface area contributed by atoms with E-state index in [9.17, 15) is 4.57 Å². The summed E-state index contributed by atoms with van der Waals surface area (Å²) in [6, 6.07) is 7.57. The van der Waals surface area contributed by atoms with Crippen LogP contribution in [0.15, 0.2) is 24.3 Å². The third kappa shape index (κ3) is 5.00. The van der Waals surface area contributed by atoms with E-state index in [2.05, 4.69) is 0 Å². The first-order valence-corrected chi connectivity index (χ1v) is 8.33. The largest absolute Gasteiger partial charge is 0.349 e. The summed E-state index contributed by atoms with van der Waals surface area (Å²) < 4.78 is 33.0. The van der Waals surface area contributed by atoms with Crippen molar-refractivity contribution in [1.29, 1.82) is 0 Å². The fraction of sp³-hybridized carbons (Fsp3) is 0.571. The molecule has 0 fully saturated rings. The maximum Gasteiger partial charge on any atom is 0.334 e. The van der Waals surface area contributed by atoms with E-state index < -0.39 is 7.60 Å². The molecule has 0 spiro atoms. The van der Waals surface area contributed by atoms with E-state index in [1.54, 1.807) is 0 Å². The molecule has 0 aromatic heterocycles. The standard InChI is InChI=1S/C14H23O5P/c1-5-18-14(19-6-2)13-9-7-12(8-10-13)11-20(15,16-3)17-4/h7-10,14H,5-6,11H2,1-4H3. The van der Waals surface area contributed by atoms with Crippen LogP contribution in [0, 0.1) is 0 Å². The second-order valence-corrected chi connectivity index (χ2v) is 6.39. The Morgan fingerprint density at radius 2 is 1.50 bits per heavy atom. The Bertz CT molecular complexity index is 418. The van der Waals surface area contributed by atoms with E-state index in [1.165, 1.54) is 14.2 Å². The summed E-state index contributed by atoms with van der Waals surface area (Å²) in [6.45, 7) is 5.01. The molecule has 0 aliphatic heterocycles. The second kappa shape index (κ2) is 8.55. The highest BCUT2D eigenvalue weighted by Crippen LogP contribution is 2.49. The minimum Gasteiger partial charge on any atom is -0.349 e. The van der Waals surface area contributed by atoms with Crippen molar-refractivity contribution in [3.05, 3.63) is 35.4 Å². The Kier molecular flexibility index (Phi) is 7.41. The van der Waals surface area contributed by atoms with Crippen molar-refractivity contribution >= 4 is 7.60 Å². The van der Waals surface area contributed by atoms with Gasteiger partial charge in [-0.1, -0.05) is 24.3 Å². The molecule has 0 saturated carbocycles. The highest BCUT2D eigenvalue weighted by molar-refractivity contribution is 7.52. The van der Waals surface area contributed by atoms with Gasteiger partial charge in [-0.2, -0.15) is 0 Å². The predicted molar refractivity (Wildman–Crippen MR) is 77.8 cm³/mol.